The lowest BCUT2D eigenvalue weighted by Crippen LogP contribution is -2.52. The molecule has 1 aliphatic rings. The van der Waals surface area contributed by atoms with Gasteiger partial charge in [-0.05, 0) is 30.3 Å². The molecule has 0 atom stereocenters. The molecule has 1 aromatic heterocycles. The van der Waals surface area contributed by atoms with E-state index >= 15 is 0 Å². The number of hydrogen-bond acceptors (Lipinski definition) is 3. The van der Waals surface area contributed by atoms with Crippen LogP contribution in [0.4, 0.5) is 5.69 Å². The van der Waals surface area contributed by atoms with Crippen LogP contribution in [0.15, 0.2) is 53.7 Å². The zero-order valence-electron chi connectivity index (χ0n) is 14.9. The van der Waals surface area contributed by atoms with Crippen molar-refractivity contribution in [1.82, 2.24) is 15.2 Å². The first-order chi connectivity index (χ1) is 12.3. The summed E-state index contributed by atoms with van der Waals surface area (Å²) in [4.78, 5) is 13.4. The molecule has 7 heteroatoms. The normalized spacial score (nSPS) is 14.8. The summed E-state index contributed by atoms with van der Waals surface area (Å²) in [7, 11) is 1.84. The molecular formula is C19H25ClIN5. The van der Waals surface area contributed by atoms with Gasteiger partial charge in [-0.2, -0.15) is 0 Å². The number of rotatable bonds is 4. The fourth-order valence-electron chi connectivity index (χ4n) is 3.03. The van der Waals surface area contributed by atoms with Gasteiger partial charge in [0.05, 0.1) is 0 Å². The number of anilines is 1. The summed E-state index contributed by atoms with van der Waals surface area (Å²) in [6, 6.07) is 14.1. The third kappa shape index (κ3) is 5.74. The van der Waals surface area contributed by atoms with Gasteiger partial charge in [-0.25, -0.2) is 0 Å². The van der Waals surface area contributed by atoms with Crippen LogP contribution in [-0.4, -0.2) is 55.6 Å². The van der Waals surface area contributed by atoms with Gasteiger partial charge in [0.2, 0.25) is 0 Å². The minimum Gasteiger partial charge on any atom is -0.368 e. The van der Waals surface area contributed by atoms with E-state index in [-0.39, 0.29) is 24.0 Å². The van der Waals surface area contributed by atoms with Crippen molar-refractivity contribution in [3.63, 3.8) is 0 Å². The van der Waals surface area contributed by atoms with Gasteiger partial charge in [0.25, 0.3) is 0 Å². The van der Waals surface area contributed by atoms with Crippen LogP contribution in [0.25, 0.3) is 0 Å². The molecule has 0 saturated carbocycles. The van der Waals surface area contributed by atoms with Crippen LogP contribution >= 0.6 is 35.6 Å². The summed E-state index contributed by atoms with van der Waals surface area (Å²) in [6.45, 7) is 4.63. The summed E-state index contributed by atoms with van der Waals surface area (Å²) in [5, 5.41) is 4.23. The SMILES string of the molecule is CN=C(NCCc1ccccn1)N1CCN(c2cccc(Cl)c2)CC1.I. The molecule has 5 nitrogen and oxygen atoms in total. The second-order valence-electron chi connectivity index (χ2n) is 6.00. The van der Waals surface area contributed by atoms with Crippen molar-refractivity contribution in [2.75, 3.05) is 44.7 Å². The Balaban J connectivity index is 0.00000243. The van der Waals surface area contributed by atoms with Crippen LogP contribution in [0.5, 0.6) is 0 Å². The molecule has 2 heterocycles. The first kappa shape index (κ1) is 20.8. The summed E-state index contributed by atoms with van der Waals surface area (Å²) in [5.74, 6) is 0.960. The van der Waals surface area contributed by atoms with Crippen LogP contribution < -0.4 is 10.2 Å². The summed E-state index contributed by atoms with van der Waals surface area (Å²) >= 11 is 6.10. The second-order valence-corrected chi connectivity index (χ2v) is 6.44. The predicted molar refractivity (Wildman–Crippen MR) is 120 cm³/mol. The number of hydrogen-bond donors (Lipinski definition) is 1. The van der Waals surface area contributed by atoms with E-state index < -0.39 is 0 Å². The second kappa shape index (κ2) is 10.6. The van der Waals surface area contributed by atoms with Crippen LogP contribution in [0.1, 0.15) is 5.69 Å². The molecular weight excluding hydrogens is 461 g/mol. The quantitative estimate of drug-likeness (QED) is 0.410. The average Bonchev–Trinajstić information content (AvgIpc) is 2.66. The number of aliphatic imine (C=N–C) groups is 1. The predicted octanol–water partition coefficient (Wildman–Crippen LogP) is 3.29. The van der Waals surface area contributed by atoms with Gasteiger partial charge in [-0.3, -0.25) is 9.98 Å². The zero-order chi connectivity index (χ0) is 17.5. The Labute approximate surface area is 177 Å². The third-order valence-electron chi connectivity index (χ3n) is 4.35. The average molecular weight is 486 g/mol. The molecule has 0 aliphatic carbocycles. The van der Waals surface area contributed by atoms with E-state index in [0.29, 0.717) is 0 Å². The van der Waals surface area contributed by atoms with Crippen LogP contribution in [0.2, 0.25) is 5.02 Å². The van der Waals surface area contributed by atoms with Gasteiger partial charge in [-0.15, -0.1) is 24.0 Å². The minimum absolute atomic E-state index is 0. The highest BCUT2D eigenvalue weighted by Gasteiger charge is 2.19. The largest absolute Gasteiger partial charge is 0.368 e. The van der Waals surface area contributed by atoms with E-state index in [1.807, 2.05) is 49.6 Å². The lowest BCUT2D eigenvalue weighted by atomic mass is 10.2. The molecule has 1 saturated heterocycles. The maximum absolute atomic E-state index is 6.10. The highest BCUT2D eigenvalue weighted by atomic mass is 127. The van der Waals surface area contributed by atoms with Gasteiger partial charge in [0.15, 0.2) is 5.96 Å². The number of benzene rings is 1. The van der Waals surface area contributed by atoms with Gasteiger partial charge in [0, 0.05) is 68.8 Å². The smallest absolute Gasteiger partial charge is 0.193 e. The topological polar surface area (TPSA) is 43.8 Å². The molecule has 2 aromatic rings. The molecule has 0 unspecified atom stereocenters. The molecule has 1 N–H and O–H groups in total. The maximum atomic E-state index is 6.10. The molecule has 0 spiro atoms. The van der Waals surface area contributed by atoms with Crippen molar-refractivity contribution in [3.8, 4) is 0 Å². The molecule has 1 aliphatic heterocycles. The molecule has 0 bridgehead atoms. The van der Waals surface area contributed by atoms with E-state index in [1.165, 1.54) is 5.69 Å². The molecule has 0 radical (unpaired) electrons. The molecule has 140 valence electrons. The Bertz CT molecular complexity index is 702. The fourth-order valence-corrected chi connectivity index (χ4v) is 3.21. The number of aromatic nitrogens is 1. The number of pyridine rings is 1. The van der Waals surface area contributed by atoms with E-state index in [1.54, 1.807) is 0 Å². The summed E-state index contributed by atoms with van der Waals surface area (Å²) in [6.07, 6.45) is 2.72. The fraction of sp³-hybridized carbons (Fsp3) is 0.368. The van der Waals surface area contributed by atoms with Crippen molar-refractivity contribution in [1.29, 1.82) is 0 Å². The van der Waals surface area contributed by atoms with Crippen molar-refractivity contribution in [3.05, 3.63) is 59.4 Å². The van der Waals surface area contributed by atoms with Crippen LogP contribution in [0.3, 0.4) is 0 Å². The maximum Gasteiger partial charge on any atom is 0.193 e. The van der Waals surface area contributed by atoms with Gasteiger partial charge < -0.3 is 15.1 Å². The lowest BCUT2D eigenvalue weighted by Gasteiger charge is -2.37. The summed E-state index contributed by atoms with van der Waals surface area (Å²) in [5.41, 5.74) is 2.28. The molecule has 3 rings (SSSR count). The van der Waals surface area contributed by atoms with Crippen molar-refractivity contribution in [2.24, 2.45) is 4.99 Å². The van der Waals surface area contributed by atoms with E-state index in [4.69, 9.17) is 11.6 Å². The number of piperazine rings is 1. The lowest BCUT2D eigenvalue weighted by molar-refractivity contribution is 0.373. The highest BCUT2D eigenvalue weighted by Crippen LogP contribution is 2.20. The number of guanidine groups is 1. The Hall–Kier alpha value is -1.54. The van der Waals surface area contributed by atoms with Crippen LogP contribution in [0, 0.1) is 0 Å². The number of halogens is 2. The van der Waals surface area contributed by atoms with Gasteiger partial charge >= 0.3 is 0 Å². The van der Waals surface area contributed by atoms with Crippen molar-refractivity contribution >= 4 is 47.2 Å². The molecule has 0 amide bonds. The first-order valence-electron chi connectivity index (χ1n) is 8.62. The molecule has 1 aromatic carbocycles. The molecule has 26 heavy (non-hydrogen) atoms. The van der Waals surface area contributed by atoms with E-state index in [2.05, 4.69) is 31.2 Å². The number of nitrogens with zero attached hydrogens (tertiary/aromatic N) is 4. The Morgan fingerprint density at radius 2 is 1.96 bits per heavy atom. The minimum atomic E-state index is 0. The zero-order valence-corrected chi connectivity index (χ0v) is 18.0. The van der Waals surface area contributed by atoms with E-state index in [0.717, 1.165) is 55.8 Å². The Kier molecular flexibility index (Phi) is 8.44. The third-order valence-corrected chi connectivity index (χ3v) is 4.59. The van der Waals surface area contributed by atoms with Crippen LogP contribution in [-0.2, 0) is 6.42 Å². The van der Waals surface area contributed by atoms with Crippen molar-refractivity contribution in [2.45, 2.75) is 6.42 Å². The highest BCUT2D eigenvalue weighted by molar-refractivity contribution is 14.0. The Morgan fingerprint density at radius 1 is 1.15 bits per heavy atom. The van der Waals surface area contributed by atoms with Crippen molar-refractivity contribution < 1.29 is 0 Å². The standard InChI is InChI=1S/C19H24ClN5.HI/c1-21-19(23-10-8-17-6-2-3-9-22-17)25-13-11-24(12-14-25)18-7-4-5-16(20)15-18;/h2-7,9,15H,8,10-14H2,1H3,(H,21,23);1H. The molecule has 1 fully saturated rings. The van der Waals surface area contributed by atoms with E-state index in [9.17, 15) is 0 Å². The first-order valence-corrected chi connectivity index (χ1v) is 9.00. The summed E-state index contributed by atoms with van der Waals surface area (Å²) < 4.78 is 0. The van der Waals surface area contributed by atoms with Gasteiger partial charge in [0.1, 0.15) is 0 Å². The monoisotopic (exact) mass is 485 g/mol. The van der Waals surface area contributed by atoms with Gasteiger partial charge in [-0.1, -0.05) is 23.7 Å². The Morgan fingerprint density at radius 3 is 2.62 bits per heavy atom. The number of nitrogens with one attached hydrogen (secondary N) is 1.